The summed E-state index contributed by atoms with van der Waals surface area (Å²) < 4.78 is 5.81. The number of ketones is 1. The predicted octanol–water partition coefficient (Wildman–Crippen LogP) is 3.57. The Bertz CT molecular complexity index is 948. The quantitative estimate of drug-likeness (QED) is 0.621. The van der Waals surface area contributed by atoms with Crippen LogP contribution in [0.2, 0.25) is 0 Å². The molecule has 3 aromatic heterocycles. The minimum atomic E-state index is 0.168. The first-order valence-electron chi connectivity index (χ1n) is 9.79. The fourth-order valence-corrected chi connectivity index (χ4v) is 4.63. The van der Waals surface area contributed by atoms with Crippen LogP contribution in [0, 0.1) is 0 Å². The van der Waals surface area contributed by atoms with Crippen molar-refractivity contribution in [3.63, 3.8) is 0 Å². The highest BCUT2D eigenvalue weighted by molar-refractivity contribution is 7.16. The van der Waals surface area contributed by atoms with Crippen LogP contribution >= 0.6 is 11.3 Å². The van der Waals surface area contributed by atoms with Gasteiger partial charge in [-0.1, -0.05) is 0 Å². The number of thiophene rings is 1. The van der Waals surface area contributed by atoms with Crippen molar-refractivity contribution in [2.45, 2.75) is 38.9 Å². The van der Waals surface area contributed by atoms with Crippen molar-refractivity contribution in [1.82, 2.24) is 15.0 Å². The van der Waals surface area contributed by atoms with E-state index in [9.17, 15) is 4.79 Å². The third kappa shape index (κ3) is 5.05. The van der Waals surface area contributed by atoms with E-state index in [0.29, 0.717) is 12.8 Å². The summed E-state index contributed by atoms with van der Waals surface area (Å²) in [5, 5.41) is 1.21. The van der Waals surface area contributed by atoms with Gasteiger partial charge in [0.2, 0.25) is 0 Å². The number of Topliss-reactive ketones (excluding diaryl/α,β-unsaturated/α-hetero) is 1. The Morgan fingerprint density at radius 3 is 2.59 bits per heavy atom. The molecule has 6 nitrogen and oxygen atoms in total. The van der Waals surface area contributed by atoms with Gasteiger partial charge < -0.3 is 9.64 Å². The van der Waals surface area contributed by atoms with E-state index < -0.39 is 0 Å². The van der Waals surface area contributed by atoms with Crippen molar-refractivity contribution in [2.75, 3.05) is 18.0 Å². The number of hydrogen-bond donors (Lipinski definition) is 0. The standard InChI is InChI=1S/C22H24N4O2S/c1-15-13-26(14-16(2)28-15)22-6-5-20(29-22)10-19(27)9-18-4-3-17(11-25-18)21-12-23-7-8-24-21/h3-8,11-12,15-16H,9-10,13-14H2,1-2H3. The monoisotopic (exact) mass is 408 g/mol. The molecule has 0 radical (unpaired) electrons. The van der Waals surface area contributed by atoms with Crippen LogP contribution < -0.4 is 4.90 Å². The smallest absolute Gasteiger partial charge is 0.144 e. The maximum absolute atomic E-state index is 12.5. The molecule has 0 saturated carbocycles. The molecule has 2 atom stereocenters. The first-order chi connectivity index (χ1) is 14.1. The third-order valence-electron chi connectivity index (χ3n) is 4.81. The minimum Gasteiger partial charge on any atom is -0.372 e. The number of carbonyl (C=O) groups is 1. The lowest BCUT2D eigenvalue weighted by atomic mass is 10.1. The van der Waals surface area contributed by atoms with Gasteiger partial charge in [0.15, 0.2) is 0 Å². The number of carbonyl (C=O) groups excluding carboxylic acids is 1. The summed E-state index contributed by atoms with van der Waals surface area (Å²) in [4.78, 5) is 28.7. The second kappa shape index (κ2) is 8.80. The normalized spacial score (nSPS) is 19.3. The SMILES string of the molecule is CC1CN(c2ccc(CC(=O)Cc3ccc(-c4cnccn4)cn3)s2)CC(C)O1. The maximum atomic E-state index is 12.5. The molecule has 1 aliphatic rings. The van der Waals surface area contributed by atoms with Gasteiger partial charge in [0.1, 0.15) is 5.78 Å². The van der Waals surface area contributed by atoms with Crippen molar-refractivity contribution in [2.24, 2.45) is 0 Å². The molecule has 150 valence electrons. The molecule has 0 aromatic carbocycles. The molecule has 1 aliphatic heterocycles. The Hall–Kier alpha value is -2.64. The average Bonchev–Trinajstić information content (AvgIpc) is 3.17. The van der Waals surface area contributed by atoms with Gasteiger partial charge in [0.25, 0.3) is 0 Å². The van der Waals surface area contributed by atoms with E-state index in [4.69, 9.17) is 4.74 Å². The number of aromatic nitrogens is 3. The van der Waals surface area contributed by atoms with E-state index in [1.165, 1.54) is 5.00 Å². The van der Waals surface area contributed by atoms with Gasteiger partial charge in [-0.2, -0.15) is 0 Å². The molecular weight excluding hydrogens is 384 g/mol. The largest absolute Gasteiger partial charge is 0.372 e. The van der Waals surface area contributed by atoms with Crippen LogP contribution in [0.15, 0.2) is 49.1 Å². The zero-order chi connectivity index (χ0) is 20.2. The summed E-state index contributed by atoms with van der Waals surface area (Å²) in [7, 11) is 0. The van der Waals surface area contributed by atoms with Gasteiger partial charge in [0.05, 0.1) is 29.1 Å². The summed E-state index contributed by atoms with van der Waals surface area (Å²) in [5.74, 6) is 0.168. The van der Waals surface area contributed by atoms with E-state index in [2.05, 4.69) is 45.8 Å². The van der Waals surface area contributed by atoms with Crippen molar-refractivity contribution in [3.05, 3.63) is 59.6 Å². The van der Waals surface area contributed by atoms with E-state index in [-0.39, 0.29) is 18.0 Å². The predicted molar refractivity (Wildman–Crippen MR) is 114 cm³/mol. The lowest BCUT2D eigenvalue weighted by Gasteiger charge is -2.35. The van der Waals surface area contributed by atoms with Gasteiger partial charge >= 0.3 is 0 Å². The first-order valence-corrected chi connectivity index (χ1v) is 10.6. The molecular formula is C22H24N4O2S. The van der Waals surface area contributed by atoms with Crippen LogP contribution in [0.25, 0.3) is 11.3 Å². The van der Waals surface area contributed by atoms with E-state index in [1.54, 1.807) is 36.1 Å². The minimum absolute atomic E-state index is 0.168. The van der Waals surface area contributed by atoms with Gasteiger partial charge in [-0.05, 0) is 38.1 Å². The number of nitrogens with zero attached hydrogens (tertiary/aromatic N) is 4. The zero-order valence-corrected chi connectivity index (χ0v) is 17.4. The summed E-state index contributed by atoms with van der Waals surface area (Å²) in [5.41, 5.74) is 2.44. The molecule has 0 spiro atoms. The molecule has 4 rings (SSSR count). The molecule has 0 aliphatic carbocycles. The summed E-state index contributed by atoms with van der Waals surface area (Å²) in [6, 6.07) is 8.00. The Balaban J connectivity index is 1.35. The molecule has 1 fully saturated rings. The highest BCUT2D eigenvalue weighted by atomic mass is 32.1. The van der Waals surface area contributed by atoms with Crippen molar-refractivity contribution in [1.29, 1.82) is 0 Å². The highest BCUT2D eigenvalue weighted by Gasteiger charge is 2.23. The van der Waals surface area contributed by atoms with Crippen LogP contribution in [0.1, 0.15) is 24.4 Å². The van der Waals surface area contributed by atoms with Crippen molar-refractivity contribution >= 4 is 22.1 Å². The van der Waals surface area contributed by atoms with Crippen LogP contribution in [0.3, 0.4) is 0 Å². The number of hydrogen-bond acceptors (Lipinski definition) is 7. The number of anilines is 1. The molecule has 0 N–H and O–H groups in total. The van der Waals surface area contributed by atoms with Gasteiger partial charge in [0, 0.05) is 60.7 Å². The average molecular weight is 409 g/mol. The third-order valence-corrected chi connectivity index (χ3v) is 5.96. The fraction of sp³-hybridized carbons (Fsp3) is 0.364. The molecule has 29 heavy (non-hydrogen) atoms. The lowest BCUT2D eigenvalue weighted by molar-refractivity contribution is -0.117. The molecule has 3 aromatic rings. The Morgan fingerprint density at radius 1 is 1.07 bits per heavy atom. The molecule has 4 heterocycles. The summed E-state index contributed by atoms with van der Waals surface area (Å²) in [6.45, 7) is 5.98. The zero-order valence-electron chi connectivity index (χ0n) is 16.6. The number of ether oxygens (including phenoxy) is 1. The molecule has 2 unspecified atom stereocenters. The number of pyridine rings is 1. The first kappa shape index (κ1) is 19.7. The van der Waals surface area contributed by atoms with Crippen molar-refractivity contribution < 1.29 is 9.53 Å². The summed E-state index contributed by atoms with van der Waals surface area (Å²) >= 11 is 1.70. The van der Waals surface area contributed by atoms with Crippen molar-refractivity contribution in [3.8, 4) is 11.3 Å². The molecule has 1 saturated heterocycles. The van der Waals surface area contributed by atoms with Crippen LogP contribution in [0.4, 0.5) is 5.00 Å². The Kier molecular flexibility index (Phi) is 5.97. The Morgan fingerprint density at radius 2 is 1.90 bits per heavy atom. The Labute approximate surface area is 174 Å². The van der Waals surface area contributed by atoms with Gasteiger partial charge in [-0.15, -0.1) is 11.3 Å². The molecule has 0 amide bonds. The topological polar surface area (TPSA) is 68.2 Å². The fourth-order valence-electron chi connectivity index (χ4n) is 3.58. The number of rotatable bonds is 6. The van der Waals surface area contributed by atoms with Gasteiger partial charge in [-0.3, -0.25) is 19.7 Å². The van der Waals surface area contributed by atoms with E-state index in [1.807, 2.05) is 12.1 Å². The van der Waals surface area contributed by atoms with E-state index >= 15 is 0 Å². The number of morpholine rings is 1. The van der Waals surface area contributed by atoms with E-state index in [0.717, 1.165) is 34.9 Å². The van der Waals surface area contributed by atoms with Crippen LogP contribution in [-0.4, -0.2) is 46.0 Å². The second-order valence-corrected chi connectivity index (χ2v) is 8.57. The molecule has 0 bridgehead atoms. The maximum Gasteiger partial charge on any atom is 0.144 e. The summed E-state index contributed by atoms with van der Waals surface area (Å²) in [6.07, 6.45) is 7.96. The highest BCUT2D eigenvalue weighted by Crippen LogP contribution is 2.29. The van der Waals surface area contributed by atoms with Crippen LogP contribution in [0.5, 0.6) is 0 Å². The second-order valence-electron chi connectivity index (χ2n) is 7.42. The lowest BCUT2D eigenvalue weighted by Crippen LogP contribution is -2.45. The van der Waals surface area contributed by atoms with Gasteiger partial charge in [-0.25, -0.2) is 0 Å². The van der Waals surface area contributed by atoms with Crippen LogP contribution in [-0.2, 0) is 22.4 Å². The molecule has 7 heteroatoms.